The molecule has 1 aliphatic rings. The molecule has 1 saturated heterocycles. The van der Waals surface area contributed by atoms with Crippen LogP contribution in [0.15, 0.2) is 29.2 Å². The summed E-state index contributed by atoms with van der Waals surface area (Å²) < 4.78 is 30.0. The maximum atomic E-state index is 12.3. The molecule has 1 aliphatic heterocycles. The van der Waals surface area contributed by atoms with Crippen LogP contribution in [0, 0.1) is 0 Å². The fourth-order valence-electron chi connectivity index (χ4n) is 2.28. The van der Waals surface area contributed by atoms with Gasteiger partial charge in [0.15, 0.2) is 9.84 Å². The zero-order valence-electron chi connectivity index (χ0n) is 11.9. The van der Waals surface area contributed by atoms with E-state index in [0.29, 0.717) is 19.7 Å². The number of nitrogens with zero attached hydrogens (tertiary/aromatic N) is 1. The average molecular weight is 313 g/mol. The van der Waals surface area contributed by atoms with Gasteiger partial charge >= 0.3 is 5.97 Å². The van der Waals surface area contributed by atoms with Crippen LogP contribution < -0.4 is 0 Å². The molecule has 0 radical (unpaired) electrons. The molecular formula is C14H19NO5S. The summed E-state index contributed by atoms with van der Waals surface area (Å²) in [7, 11) is -3.48. The van der Waals surface area contributed by atoms with Gasteiger partial charge in [-0.25, -0.2) is 13.2 Å². The van der Waals surface area contributed by atoms with Crippen LogP contribution in [0.3, 0.4) is 0 Å². The third-order valence-electron chi connectivity index (χ3n) is 3.44. The zero-order valence-corrected chi connectivity index (χ0v) is 12.7. The van der Waals surface area contributed by atoms with Crippen LogP contribution in [0.1, 0.15) is 17.3 Å². The largest absolute Gasteiger partial charge is 0.478 e. The van der Waals surface area contributed by atoms with Crippen LogP contribution in [0.2, 0.25) is 0 Å². The third-order valence-corrected chi connectivity index (χ3v) is 5.13. The quantitative estimate of drug-likeness (QED) is 0.869. The van der Waals surface area contributed by atoms with Crippen LogP contribution in [-0.2, 0) is 14.6 Å². The van der Waals surface area contributed by atoms with Gasteiger partial charge in [-0.15, -0.1) is 0 Å². The highest BCUT2D eigenvalue weighted by atomic mass is 32.2. The molecule has 1 aromatic rings. The molecule has 1 aromatic carbocycles. The Labute approximate surface area is 124 Å². The third kappa shape index (κ3) is 4.26. The van der Waals surface area contributed by atoms with Crippen molar-refractivity contribution in [3.63, 3.8) is 0 Å². The van der Waals surface area contributed by atoms with Gasteiger partial charge in [0.1, 0.15) is 0 Å². The molecule has 1 fully saturated rings. The lowest BCUT2D eigenvalue weighted by Crippen LogP contribution is -2.43. The number of carbonyl (C=O) groups is 1. The van der Waals surface area contributed by atoms with E-state index in [1.165, 1.54) is 24.3 Å². The Morgan fingerprint density at radius 2 is 2.24 bits per heavy atom. The molecule has 116 valence electrons. The fourth-order valence-corrected chi connectivity index (χ4v) is 3.61. The number of sulfone groups is 1. The van der Waals surface area contributed by atoms with Gasteiger partial charge in [-0.1, -0.05) is 6.07 Å². The molecule has 21 heavy (non-hydrogen) atoms. The molecule has 0 aliphatic carbocycles. The molecule has 7 heteroatoms. The summed E-state index contributed by atoms with van der Waals surface area (Å²) in [5, 5.41) is 8.92. The molecule has 1 N–H and O–H groups in total. The number of ether oxygens (including phenoxy) is 1. The molecule has 2 rings (SSSR count). The fraction of sp³-hybridized carbons (Fsp3) is 0.500. The van der Waals surface area contributed by atoms with Gasteiger partial charge in [-0.3, -0.25) is 4.90 Å². The minimum atomic E-state index is -3.48. The summed E-state index contributed by atoms with van der Waals surface area (Å²) >= 11 is 0. The van der Waals surface area contributed by atoms with E-state index in [9.17, 15) is 13.2 Å². The Morgan fingerprint density at radius 3 is 2.90 bits per heavy atom. The van der Waals surface area contributed by atoms with Crippen molar-refractivity contribution >= 4 is 15.8 Å². The molecular weight excluding hydrogens is 294 g/mol. The van der Waals surface area contributed by atoms with Crippen LogP contribution in [-0.4, -0.2) is 62.5 Å². The Balaban J connectivity index is 2.04. The number of carboxylic acid groups (broad SMARTS) is 1. The monoisotopic (exact) mass is 313 g/mol. The highest BCUT2D eigenvalue weighted by Crippen LogP contribution is 2.14. The Morgan fingerprint density at radius 1 is 1.48 bits per heavy atom. The Kier molecular flexibility index (Phi) is 4.97. The second-order valence-electron chi connectivity index (χ2n) is 5.13. The Hall–Kier alpha value is -1.44. The van der Waals surface area contributed by atoms with E-state index in [1.807, 2.05) is 11.8 Å². The minimum Gasteiger partial charge on any atom is -0.478 e. The maximum Gasteiger partial charge on any atom is 0.335 e. The summed E-state index contributed by atoms with van der Waals surface area (Å²) in [5.41, 5.74) is -0.0175. The lowest BCUT2D eigenvalue weighted by molar-refractivity contribution is -0.0160. The molecule has 1 atom stereocenters. The van der Waals surface area contributed by atoms with Crippen LogP contribution >= 0.6 is 0 Å². The second-order valence-corrected chi connectivity index (χ2v) is 7.24. The summed E-state index contributed by atoms with van der Waals surface area (Å²) in [4.78, 5) is 13.0. The number of benzene rings is 1. The van der Waals surface area contributed by atoms with E-state index >= 15 is 0 Å². The van der Waals surface area contributed by atoms with E-state index in [1.54, 1.807) is 0 Å². The first-order valence-corrected chi connectivity index (χ1v) is 8.44. The first-order chi connectivity index (χ1) is 9.88. The smallest absolute Gasteiger partial charge is 0.335 e. The second kappa shape index (κ2) is 6.55. The normalized spacial score (nSPS) is 20.3. The molecule has 0 aromatic heterocycles. The lowest BCUT2D eigenvalue weighted by Gasteiger charge is -2.30. The summed E-state index contributed by atoms with van der Waals surface area (Å²) in [5.74, 6) is -1.16. The molecule has 1 heterocycles. The van der Waals surface area contributed by atoms with Crippen molar-refractivity contribution in [2.75, 3.05) is 32.0 Å². The van der Waals surface area contributed by atoms with Gasteiger partial charge in [-0.2, -0.15) is 0 Å². The average Bonchev–Trinajstić information content (AvgIpc) is 2.45. The number of hydrogen-bond acceptors (Lipinski definition) is 5. The highest BCUT2D eigenvalue weighted by molar-refractivity contribution is 7.91. The number of rotatable bonds is 5. The van der Waals surface area contributed by atoms with Crippen LogP contribution in [0.4, 0.5) is 0 Å². The number of hydrogen-bond donors (Lipinski definition) is 1. The molecule has 0 bridgehead atoms. The number of morpholine rings is 1. The van der Waals surface area contributed by atoms with Gasteiger partial charge in [0.25, 0.3) is 0 Å². The molecule has 0 saturated carbocycles. The maximum absolute atomic E-state index is 12.3. The summed E-state index contributed by atoms with van der Waals surface area (Å²) in [6.07, 6.45) is 0.108. The molecule has 0 spiro atoms. The van der Waals surface area contributed by atoms with Crippen molar-refractivity contribution in [1.82, 2.24) is 4.90 Å². The standard InChI is InChI=1S/C14H19NO5S/c1-11-10-15(5-7-20-11)6-8-21(18,19)13-4-2-3-12(9-13)14(16)17/h2-4,9,11H,5-8,10H2,1H3,(H,16,17). The Bertz CT molecular complexity index is 614. The van der Waals surface area contributed by atoms with E-state index in [-0.39, 0.29) is 22.3 Å². The van der Waals surface area contributed by atoms with Crippen molar-refractivity contribution in [2.45, 2.75) is 17.9 Å². The predicted molar refractivity (Wildman–Crippen MR) is 77.3 cm³/mol. The van der Waals surface area contributed by atoms with Crippen molar-refractivity contribution in [2.24, 2.45) is 0 Å². The number of carboxylic acids is 1. The van der Waals surface area contributed by atoms with Crippen molar-refractivity contribution in [1.29, 1.82) is 0 Å². The van der Waals surface area contributed by atoms with Crippen molar-refractivity contribution < 1.29 is 23.1 Å². The van der Waals surface area contributed by atoms with Crippen molar-refractivity contribution in [3.8, 4) is 0 Å². The first-order valence-electron chi connectivity index (χ1n) is 6.78. The molecule has 6 nitrogen and oxygen atoms in total. The zero-order chi connectivity index (χ0) is 15.5. The SMILES string of the molecule is CC1CN(CCS(=O)(=O)c2cccc(C(=O)O)c2)CCO1. The van der Waals surface area contributed by atoms with Gasteiger partial charge < -0.3 is 9.84 Å². The first kappa shape index (κ1) is 15.9. The van der Waals surface area contributed by atoms with Gasteiger partial charge in [0.05, 0.1) is 28.9 Å². The van der Waals surface area contributed by atoms with Gasteiger partial charge in [0, 0.05) is 19.6 Å². The van der Waals surface area contributed by atoms with Crippen LogP contribution in [0.25, 0.3) is 0 Å². The lowest BCUT2D eigenvalue weighted by atomic mass is 10.2. The topological polar surface area (TPSA) is 83.9 Å². The molecule has 0 amide bonds. The number of aromatic carboxylic acids is 1. The highest BCUT2D eigenvalue weighted by Gasteiger charge is 2.21. The summed E-state index contributed by atoms with van der Waals surface area (Å²) in [6.45, 7) is 4.42. The van der Waals surface area contributed by atoms with Crippen LogP contribution in [0.5, 0.6) is 0 Å². The van der Waals surface area contributed by atoms with Gasteiger partial charge in [0.2, 0.25) is 0 Å². The molecule has 1 unspecified atom stereocenters. The van der Waals surface area contributed by atoms with E-state index in [4.69, 9.17) is 9.84 Å². The van der Waals surface area contributed by atoms with E-state index in [2.05, 4.69) is 0 Å². The van der Waals surface area contributed by atoms with Crippen molar-refractivity contribution in [3.05, 3.63) is 29.8 Å². The van der Waals surface area contributed by atoms with Gasteiger partial charge in [-0.05, 0) is 25.1 Å². The predicted octanol–water partition coefficient (Wildman–Crippen LogP) is 0.879. The summed E-state index contributed by atoms with van der Waals surface area (Å²) in [6, 6.07) is 5.47. The minimum absolute atomic E-state index is 0.0175. The van der Waals surface area contributed by atoms with E-state index in [0.717, 1.165) is 6.54 Å². The van der Waals surface area contributed by atoms with E-state index < -0.39 is 15.8 Å².